The fourth-order valence-corrected chi connectivity index (χ4v) is 4.38. The lowest BCUT2D eigenvalue weighted by atomic mass is 9.80. The standard InChI is InChI=1S/C17H20ClNS/c1-19-16(11-12-5-7-13(18)8-6-12)14-3-2-4-17-15(14)9-10-20-17/h5-10,14,16,19H,2-4,11H2,1H3. The Balaban J connectivity index is 1.79. The third-order valence-electron chi connectivity index (χ3n) is 4.32. The summed E-state index contributed by atoms with van der Waals surface area (Å²) >= 11 is 7.89. The molecule has 20 heavy (non-hydrogen) atoms. The van der Waals surface area contributed by atoms with Crippen LogP contribution in [0.3, 0.4) is 0 Å². The zero-order valence-electron chi connectivity index (χ0n) is 11.7. The molecule has 0 amide bonds. The van der Waals surface area contributed by atoms with Gasteiger partial charge in [-0.1, -0.05) is 23.7 Å². The predicted octanol–water partition coefficient (Wildman–Crippen LogP) is 4.65. The van der Waals surface area contributed by atoms with Crippen molar-refractivity contribution in [1.82, 2.24) is 5.32 Å². The zero-order valence-corrected chi connectivity index (χ0v) is 13.3. The van der Waals surface area contributed by atoms with Gasteiger partial charge in [-0.15, -0.1) is 11.3 Å². The molecule has 1 aromatic carbocycles. The summed E-state index contributed by atoms with van der Waals surface area (Å²) in [5.41, 5.74) is 2.94. The second kappa shape index (κ2) is 6.30. The summed E-state index contributed by atoms with van der Waals surface area (Å²) in [4.78, 5) is 1.60. The molecule has 106 valence electrons. The maximum atomic E-state index is 5.97. The Bertz CT molecular complexity index is 561. The van der Waals surface area contributed by atoms with Gasteiger partial charge in [0.2, 0.25) is 0 Å². The van der Waals surface area contributed by atoms with E-state index >= 15 is 0 Å². The quantitative estimate of drug-likeness (QED) is 0.867. The minimum absolute atomic E-state index is 0.504. The second-order valence-corrected chi connectivity index (χ2v) is 6.96. The predicted molar refractivity (Wildman–Crippen MR) is 88.0 cm³/mol. The highest BCUT2D eigenvalue weighted by Crippen LogP contribution is 2.37. The molecule has 1 aliphatic rings. The summed E-state index contributed by atoms with van der Waals surface area (Å²) in [7, 11) is 2.08. The molecule has 0 aliphatic heterocycles. The lowest BCUT2D eigenvalue weighted by Gasteiger charge is -2.30. The molecular formula is C17H20ClNS. The number of benzene rings is 1. The van der Waals surface area contributed by atoms with Crippen LogP contribution >= 0.6 is 22.9 Å². The molecule has 2 unspecified atom stereocenters. The minimum Gasteiger partial charge on any atom is -0.316 e. The van der Waals surface area contributed by atoms with E-state index in [0.717, 1.165) is 11.4 Å². The average molecular weight is 306 g/mol. The maximum Gasteiger partial charge on any atom is 0.0406 e. The molecule has 0 spiro atoms. The van der Waals surface area contributed by atoms with Gasteiger partial charge in [-0.05, 0) is 67.4 Å². The molecular weight excluding hydrogens is 286 g/mol. The van der Waals surface area contributed by atoms with E-state index in [1.807, 2.05) is 23.5 Å². The van der Waals surface area contributed by atoms with Gasteiger partial charge in [-0.3, -0.25) is 0 Å². The van der Waals surface area contributed by atoms with Crippen LogP contribution in [0.5, 0.6) is 0 Å². The van der Waals surface area contributed by atoms with E-state index in [-0.39, 0.29) is 0 Å². The summed E-state index contributed by atoms with van der Waals surface area (Å²) < 4.78 is 0. The number of halogens is 1. The Morgan fingerprint density at radius 2 is 2.10 bits per heavy atom. The maximum absolute atomic E-state index is 5.97. The highest BCUT2D eigenvalue weighted by atomic mass is 35.5. The van der Waals surface area contributed by atoms with Crippen molar-refractivity contribution < 1.29 is 0 Å². The Morgan fingerprint density at radius 3 is 2.85 bits per heavy atom. The average Bonchev–Trinajstić information content (AvgIpc) is 2.95. The molecule has 0 fully saturated rings. The fourth-order valence-electron chi connectivity index (χ4n) is 3.26. The van der Waals surface area contributed by atoms with Crippen LogP contribution in [0.4, 0.5) is 0 Å². The van der Waals surface area contributed by atoms with Crippen molar-refractivity contribution in [3.8, 4) is 0 Å². The van der Waals surface area contributed by atoms with Gasteiger partial charge in [0.1, 0.15) is 0 Å². The van der Waals surface area contributed by atoms with Gasteiger partial charge >= 0.3 is 0 Å². The molecule has 3 rings (SSSR count). The van der Waals surface area contributed by atoms with Gasteiger partial charge in [-0.2, -0.15) is 0 Å². The topological polar surface area (TPSA) is 12.0 Å². The summed E-state index contributed by atoms with van der Waals surface area (Å²) in [5.74, 6) is 0.644. The summed E-state index contributed by atoms with van der Waals surface area (Å²) in [6.45, 7) is 0. The highest BCUT2D eigenvalue weighted by molar-refractivity contribution is 7.10. The largest absolute Gasteiger partial charge is 0.316 e. The smallest absolute Gasteiger partial charge is 0.0406 e. The highest BCUT2D eigenvalue weighted by Gasteiger charge is 2.27. The number of thiophene rings is 1. The van der Waals surface area contributed by atoms with Crippen molar-refractivity contribution in [3.63, 3.8) is 0 Å². The third kappa shape index (κ3) is 2.93. The molecule has 3 heteroatoms. The van der Waals surface area contributed by atoms with Crippen LogP contribution in [0.15, 0.2) is 35.7 Å². The molecule has 2 atom stereocenters. The molecule has 1 nitrogen and oxygen atoms in total. The van der Waals surface area contributed by atoms with Gasteiger partial charge in [-0.25, -0.2) is 0 Å². The molecule has 1 aliphatic carbocycles. The number of hydrogen-bond donors (Lipinski definition) is 1. The molecule has 1 N–H and O–H groups in total. The fraction of sp³-hybridized carbons (Fsp3) is 0.412. The number of likely N-dealkylation sites (N-methyl/N-ethyl adjacent to an activating group) is 1. The minimum atomic E-state index is 0.504. The number of aryl methyl sites for hydroxylation is 1. The van der Waals surface area contributed by atoms with Crippen LogP contribution in [0, 0.1) is 0 Å². The molecule has 0 saturated carbocycles. The first kappa shape index (κ1) is 14.1. The summed E-state index contributed by atoms with van der Waals surface area (Å²) in [6.07, 6.45) is 4.94. The first-order chi connectivity index (χ1) is 9.78. The van der Waals surface area contributed by atoms with E-state index in [2.05, 4.69) is 35.9 Å². The van der Waals surface area contributed by atoms with Crippen molar-refractivity contribution in [2.45, 2.75) is 37.6 Å². The lowest BCUT2D eigenvalue weighted by Crippen LogP contribution is -2.35. The van der Waals surface area contributed by atoms with Gasteiger partial charge in [0.15, 0.2) is 0 Å². The van der Waals surface area contributed by atoms with Crippen molar-refractivity contribution >= 4 is 22.9 Å². The molecule has 1 heterocycles. The van der Waals surface area contributed by atoms with Crippen LogP contribution < -0.4 is 5.32 Å². The van der Waals surface area contributed by atoms with Crippen LogP contribution in [-0.4, -0.2) is 13.1 Å². The van der Waals surface area contributed by atoms with Crippen molar-refractivity contribution in [1.29, 1.82) is 0 Å². The Morgan fingerprint density at radius 1 is 1.30 bits per heavy atom. The summed E-state index contributed by atoms with van der Waals surface area (Å²) in [5, 5.41) is 6.60. The van der Waals surface area contributed by atoms with Crippen LogP contribution in [-0.2, 0) is 12.8 Å². The first-order valence-corrected chi connectivity index (χ1v) is 8.51. The molecule has 0 bridgehead atoms. The lowest BCUT2D eigenvalue weighted by molar-refractivity contribution is 0.414. The van der Waals surface area contributed by atoms with Gasteiger partial charge in [0.05, 0.1) is 0 Å². The normalized spacial score (nSPS) is 19.6. The second-order valence-electron chi connectivity index (χ2n) is 5.52. The van der Waals surface area contributed by atoms with E-state index in [0.29, 0.717) is 12.0 Å². The molecule has 1 aromatic heterocycles. The molecule has 2 aromatic rings. The first-order valence-electron chi connectivity index (χ1n) is 7.26. The van der Waals surface area contributed by atoms with Crippen LogP contribution in [0.25, 0.3) is 0 Å². The number of hydrogen-bond acceptors (Lipinski definition) is 2. The molecule has 0 radical (unpaired) electrons. The van der Waals surface area contributed by atoms with Crippen LogP contribution in [0.1, 0.15) is 34.8 Å². The van der Waals surface area contributed by atoms with Crippen molar-refractivity contribution in [2.24, 2.45) is 0 Å². The Labute approximate surface area is 130 Å². The van der Waals surface area contributed by atoms with E-state index in [1.54, 1.807) is 10.4 Å². The van der Waals surface area contributed by atoms with Crippen molar-refractivity contribution in [2.75, 3.05) is 7.05 Å². The van der Waals surface area contributed by atoms with Crippen LogP contribution in [0.2, 0.25) is 5.02 Å². The van der Waals surface area contributed by atoms with Gasteiger partial charge in [0.25, 0.3) is 0 Å². The number of rotatable bonds is 4. The zero-order chi connectivity index (χ0) is 13.9. The summed E-state index contributed by atoms with van der Waals surface area (Å²) in [6, 6.07) is 11.1. The SMILES string of the molecule is CNC(Cc1ccc(Cl)cc1)C1CCCc2sccc21. The monoisotopic (exact) mass is 305 g/mol. The third-order valence-corrected chi connectivity index (χ3v) is 5.57. The van der Waals surface area contributed by atoms with E-state index in [1.165, 1.54) is 24.8 Å². The van der Waals surface area contributed by atoms with E-state index < -0.39 is 0 Å². The van der Waals surface area contributed by atoms with Crippen molar-refractivity contribution in [3.05, 3.63) is 56.7 Å². The van der Waals surface area contributed by atoms with Gasteiger partial charge < -0.3 is 5.32 Å². The Hall–Kier alpha value is -0.830. The van der Waals surface area contributed by atoms with Gasteiger partial charge in [0, 0.05) is 21.9 Å². The Kier molecular flexibility index (Phi) is 4.45. The number of nitrogens with one attached hydrogen (secondary N) is 1. The number of fused-ring (bicyclic) bond motifs is 1. The van der Waals surface area contributed by atoms with E-state index in [9.17, 15) is 0 Å². The molecule has 0 saturated heterocycles. The van der Waals surface area contributed by atoms with E-state index in [4.69, 9.17) is 11.6 Å².